The van der Waals surface area contributed by atoms with Crippen LogP contribution in [0.1, 0.15) is 11.1 Å². The van der Waals surface area contributed by atoms with E-state index in [4.69, 9.17) is 16.3 Å². The number of aldehydes is 1. The van der Waals surface area contributed by atoms with Crippen LogP contribution in [-0.4, -0.2) is 19.9 Å². The SMILES string of the molecule is COc1cc(C)c(CNCC=O)cc1Cl. The van der Waals surface area contributed by atoms with E-state index in [1.54, 1.807) is 7.11 Å². The lowest BCUT2D eigenvalue weighted by atomic mass is 10.1. The van der Waals surface area contributed by atoms with E-state index in [0.717, 1.165) is 17.4 Å². The lowest BCUT2D eigenvalue weighted by Gasteiger charge is -2.10. The summed E-state index contributed by atoms with van der Waals surface area (Å²) in [7, 11) is 1.59. The van der Waals surface area contributed by atoms with Crippen molar-refractivity contribution in [1.29, 1.82) is 0 Å². The van der Waals surface area contributed by atoms with E-state index in [9.17, 15) is 4.79 Å². The maximum Gasteiger partial charge on any atom is 0.137 e. The van der Waals surface area contributed by atoms with Gasteiger partial charge in [0.15, 0.2) is 0 Å². The van der Waals surface area contributed by atoms with Gasteiger partial charge in [-0.05, 0) is 30.2 Å². The Labute approximate surface area is 94.4 Å². The van der Waals surface area contributed by atoms with Crippen molar-refractivity contribution in [3.05, 3.63) is 28.3 Å². The van der Waals surface area contributed by atoms with Gasteiger partial charge < -0.3 is 14.8 Å². The fourth-order valence-corrected chi connectivity index (χ4v) is 1.57. The summed E-state index contributed by atoms with van der Waals surface area (Å²) in [6.07, 6.45) is 0.834. The molecule has 0 aliphatic carbocycles. The summed E-state index contributed by atoms with van der Waals surface area (Å²) in [5.41, 5.74) is 2.16. The molecule has 0 aliphatic rings. The molecule has 0 unspecified atom stereocenters. The molecule has 0 amide bonds. The van der Waals surface area contributed by atoms with Gasteiger partial charge in [-0.1, -0.05) is 11.6 Å². The van der Waals surface area contributed by atoms with E-state index in [2.05, 4.69) is 5.32 Å². The number of benzene rings is 1. The minimum atomic E-state index is 0.350. The molecule has 0 saturated carbocycles. The van der Waals surface area contributed by atoms with Crippen LogP contribution in [0.15, 0.2) is 12.1 Å². The van der Waals surface area contributed by atoms with Crippen molar-refractivity contribution in [3.63, 3.8) is 0 Å². The van der Waals surface area contributed by atoms with Gasteiger partial charge in [-0.2, -0.15) is 0 Å². The number of nitrogens with one attached hydrogen (secondary N) is 1. The van der Waals surface area contributed by atoms with Gasteiger partial charge in [-0.15, -0.1) is 0 Å². The number of aryl methyl sites for hydroxylation is 1. The van der Waals surface area contributed by atoms with Crippen molar-refractivity contribution in [2.24, 2.45) is 0 Å². The summed E-state index contributed by atoms with van der Waals surface area (Å²) in [6.45, 7) is 2.97. The van der Waals surface area contributed by atoms with Gasteiger partial charge in [-0.3, -0.25) is 0 Å². The Kier molecular flexibility index (Phi) is 4.59. The molecule has 3 nitrogen and oxygen atoms in total. The zero-order valence-electron chi connectivity index (χ0n) is 8.84. The van der Waals surface area contributed by atoms with Crippen LogP contribution in [0.4, 0.5) is 0 Å². The summed E-state index contributed by atoms with van der Waals surface area (Å²) in [6, 6.07) is 3.74. The molecule has 0 aliphatic heterocycles. The molecular formula is C11H14ClNO2. The van der Waals surface area contributed by atoms with E-state index in [1.165, 1.54) is 0 Å². The van der Waals surface area contributed by atoms with Crippen LogP contribution < -0.4 is 10.1 Å². The number of carbonyl (C=O) groups excluding carboxylic acids is 1. The minimum absolute atomic E-state index is 0.350. The first-order valence-corrected chi connectivity index (χ1v) is 5.04. The van der Waals surface area contributed by atoms with Crippen molar-refractivity contribution in [2.75, 3.05) is 13.7 Å². The van der Waals surface area contributed by atoms with Crippen molar-refractivity contribution >= 4 is 17.9 Å². The zero-order valence-corrected chi connectivity index (χ0v) is 9.60. The van der Waals surface area contributed by atoms with E-state index in [-0.39, 0.29) is 0 Å². The second-order valence-electron chi connectivity index (χ2n) is 3.21. The first-order valence-electron chi connectivity index (χ1n) is 4.66. The van der Waals surface area contributed by atoms with Crippen LogP contribution in [0.2, 0.25) is 5.02 Å². The van der Waals surface area contributed by atoms with Gasteiger partial charge in [0.1, 0.15) is 12.0 Å². The van der Waals surface area contributed by atoms with Gasteiger partial charge in [0.25, 0.3) is 0 Å². The Bertz CT molecular complexity index is 353. The summed E-state index contributed by atoms with van der Waals surface area (Å²) in [5.74, 6) is 0.674. The second kappa shape index (κ2) is 5.73. The largest absolute Gasteiger partial charge is 0.495 e. The molecule has 1 rings (SSSR count). The average molecular weight is 228 g/mol. The fraction of sp³-hybridized carbons (Fsp3) is 0.364. The standard InChI is InChI=1S/C11H14ClNO2/c1-8-5-11(15-2)10(12)6-9(8)7-13-3-4-14/h4-6,13H,3,7H2,1-2H3. The third-order valence-electron chi connectivity index (χ3n) is 2.15. The molecule has 1 N–H and O–H groups in total. The smallest absolute Gasteiger partial charge is 0.137 e. The molecular weight excluding hydrogens is 214 g/mol. The molecule has 0 radical (unpaired) electrons. The average Bonchev–Trinajstić information content (AvgIpc) is 2.23. The maximum absolute atomic E-state index is 10.1. The van der Waals surface area contributed by atoms with Crippen LogP contribution in [-0.2, 0) is 11.3 Å². The van der Waals surface area contributed by atoms with Gasteiger partial charge in [0, 0.05) is 6.54 Å². The van der Waals surface area contributed by atoms with E-state index in [0.29, 0.717) is 23.9 Å². The van der Waals surface area contributed by atoms with E-state index < -0.39 is 0 Å². The Morgan fingerprint density at radius 1 is 1.53 bits per heavy atom. The molecule has 0 spiro atoms. The predicted molar refractivity (Wildman–Crippen MR) is 60.5 cm³/mol. The van der Waals surface area contributed by atoms with Crippen molar-refractivity contribution in [2.45, 2.75) is 13.5 Å². The molecule has 0 bridgehead atoms. The first kappa shape index (κ1) is 12.0. The molecule has 1 aromatic rings. The number of carbonyl (C=O) groups is 1. The maximum atomic E-state index is 10.1. The highest BCUT2D eigenvalue weighted by atomic mass is 35.5. The molecule has 0 saturated heterocycles. The molecule has 0 aromatic heterocycles. The summed E-state index contributed by atoms with van der Waals surface area (Å²) >= 11 is 5.99. The Morgan fingerprint density at radius 2 is 2.27 bits per heavy atom. The lowest BCUT2D eigenvalue weighted by molar-refractivity contribution is -0.107. The first-order chi connectivity index (χ1) is 7.19. The van der Waals surface area contributed by atoms with Gasteiger partial charge >= 0.3 is 0 Å². The normalized spacial score (nSPS) is 10.1. The number of halogens is 1. The van der Waals surface area contributed by atoms with Crippen LogP contribution in [0.5, 0.6) is 5.75 Å². The van der Waals surface area contributed by atoms with Gasteiger partial charge in [0.05, 0.1) is 18.7 Å². The Balaban J connectivity index is 2.80. The molecule has 0 fully saturated rings. The predicted octanol–water partition coefficient (Wildman–Crippen LogP) is 1.95. The number of hydrogen-bond donors (Lipinski definition) is 1. The third-order valence-corrected chi connectivity index (χ3v) is 2.45. The number of ether oxygens (including phenoxy) is 1. The van der Waals surface area contributed by atoms with Crippen LogP contribution >= 0.6 is 11.6 Å². The highest BCUT2D eigenvalue weighted by Gasteiger charge is 2.05. The monoisotopic (exact) mass is 227 g/mol. The van der Waals surface area contributed by atoms with E-state index in [1.807, 2.05) is 19.1 Å². The molecule has 82 valence electrons. The zero-order chi connectivity index (χ0) is 11.3. The second-order valence-corrected chi connectivity index (χ2v) is 3.62. The molecule has 0 atom stereocenters. The van der Waals surface area contributed by atoms with Crippen molar-refractivity contribution in [1.82, 2.24) is 5.32 Å². The van der Waals surface area contributed by atoms with Crippen molar-refractivity contribution in [3.8, 4) is 5.75 Å². The fourth-order valence-electron chi connectivity index (χ4n) is 1.31. The van der Waals surface area contributed by atoms with Crippen LogP contribution in [0.25, 0.3) is 0 Å². The molecule has 1 aromatic carbocycles. The third kappa shape index (κ3) is 3.22. The lowest BCUT2D eigenvalue weighted by Crippen LogP contribution is -2.16. The van der Waals surface area contributed by atoms with Crippen molar-refractivity contribution < 1.29 is 9.53 Å². The molecule has 15 heavy (non-hydrogen) atoms. The minimum Gasteiger partial charge on any atom is -0.495 e. The van der Waals surface area contributed by atoms with Crippen LogP contribution in [0, 0.1) is 6.92 Å². The van der Waals surface area contributed by atoms with E-state index >= 15 is 0 Å². The summed E-state index contributed by atoms with van der Waals surface area (Å²) in [4.78, 5) is 10.1. The highest BCUT2D eigenvalue weighted by Crippen LogP contribution is 2.27. The number of methoxy groups -OCH3 is 1. The number of rotatable bonds is 5. The summed E-state index contributed by atoms with van der Waals surface area (Å²) in [5, 5.41) is 3.58. The van der Waals surface area contributed by atoms with Gasteiger partial charge in [0.2, 0.25) is 0 Å². The molecule has 4 heteroatoms. The summed E-state index contributed by atoms with van der Waals surface area (Å²) < 4.78 is 5.10. The highest BCUT2D eigenvalue weighted by molar-refractivity contribution is 6.32. The Hall–Kier alpha value is -1.06. The molecule has 0 heterocycles. The quantitative estimate of drug-likeness (QED) is 0.617. The number of hydrogen-bond acceptors (Lipinski definition) is 3. The van der Waals surface area contributed by atoms with Gasteiger partial charge in [-0.25, -0.2) is 0 Å². The van der Waals surface area contributed by atoms with Crippen LogP contribution in [0.3, 0.4) is 0 Å². The topological polar surface area (TPSA) is 38.3 Å². The Morgan fingerprint density at radius 3 is 2.87 bits per heavy atom.